The van der Waals surface area contributed by atoms with Crippen LogP contribution in [-0.2, 0) is 12.1 Å². The first-order chi connectivity index (χ1) is 10.1. The summed E-state index contributed by atoms with van der Waals surface area (Å²) in [6.07, 6.45) is 8.40. The molecule has 4 nitrogen and oxygen atoms in total. The fourth-order valence-electron chi connectivity index (χ4n) is 2.46. The lowest BCUT2D eigenvalue weighted by molar-refractivity contribution is 0.00682. The molecule has 0 saturated carbocycles. The summed E-state index contributed by atoms with van der Waals surface area (Å²) in [5.74, 6) is 0. The van der Waals surface area contributed by atoms with Crippen molar-refractivity contribution in [2.75, 3.05) is 6.61 Å². The first-order valence-electron chi connectivity index (χ1n) is 7.19. The molecule has 2 rings (SSSR count). The second-order valence-electron chi connectivity index (χ2n) is 5.31. The van der Waals surface area contributed by atoms with E-state index in [0.717, 1.165) is 24.8 Å². The first-order valence-corrected chi connectivity index (χ1v) is 7.57. The second-order valence-corrected chi connectivity index (χ2v) is 5.74. The quantitative estimate of drug-likeness (QED) is 0.737. The van der Waals surface area contributed by atoms with Crippen LogP contribution in [0, 0.1) is 0 Å². The van der Waals surface area contributed by atoms with Gasteiger partial charge in [-0.1, -0.05) is 36.6 Å². The van der Waals surface area contributed by atoms with Crippen LogP contribution < -0.4 is 0 Å². The number of aromatic nitrogens is 2. The van der Waals surface area contributed by atoms with E-state index in [0.29, 0.717) is 18.0 Å². The van der Waals surface area contributed by atoms with Crippen molar-refractivity contribution >= 4 is 11.6 Å². The number of hydrogen-bond acceptors (Lipinski definition) is 3. The van der Waals surface area contributed by atoms with Crippen LogP contribution in [0.25, 0.3) is 0 Å². The Bertz CT molecular complexity index is 528. The maximum absolute atomic E-state index is 11.1. The molecule has 1 atom stereocenters. The summed E-state index contributed by atoms with van der Waals surface area (Å²) in [7, 11) is 0. The Kier molecular flexibility index (Phi) is 5.79. The molecule has 0 radical (unpaired) electrons. The van der Waals surface area contributed by atoms with Crippen LogP contribution in [0.3, 0.4) is 0 Å². The van der Waals surface area contributed by atoms with Gasteiger partial charge in [-0.2, -0.15) is 0 Å². The van der Waals surface area contributed by atoms with E-state index in [9.17, 15) is 5.11 Å². The minimum atomic E-state index is -0.958. The van der Waals surface area contributed by atoms with E-state index in [1.165, 1.54) is 0 Å². The van der Waals surface area contributed by atoms with E-state index in [4.69, 9.17) is 16.7 Å². The van der Waals surface area contributed by atoms with Gasteiger partial charge in [-0.05, 0) is 30.5 Å². The Morgan fingerprint density at radius 1 is 1.14 bits per heavy atom. The number of benzene rings is 1. The van der Waals surface area contributed by atoms with Gasteiger partial charge in [0.05, 0.1) is 12.9 Å². The van der Waals surface area contributed by atoms with Gasteiger partial charge in [-0.15, -0.1) is 0 Å². The van der Waals surface area contributed by atoms with Crippen molar-refractivity contribution < 1.29 is 10.2 Å². The van der Waals surface area contributed by atoms with Gasteiger partial charge in [0, 0.05) is 24.0 Å². The highest BCUT2D eigenvalue weighted by molar-refractivity contribution is 6.30. The predicted octanol–water partition coefficient (Wildman–Crippen LogP) is 2.98. The zero-order valence-corrected chi connectivity index (χ0v) is 12.7. The molecule has 0 amide bonds. The average molecular weight is 309 g/mol. The molecular formula is C16H21ClN2O2. The highest BCUT2D eigenvalue weighted by Crippen LogP contribution is 2.30. The number of halogens is 1. The molecule has 0 bridgehead atoms. The van der Waals surface area contributed by atoms with Crippen molar-refractivity contribution in [1.29, 1.82) is 0 Å². The summed E-state index contributed by atoms with van der Waals surface area (Å²) >= 11 is 5.93. The number of imidazole rings is 1. The molecule has 2 aromatic rings. The normalized spacial score (nSPS) is 14.0. The van der Waals surface area contributed by atoms with E-state index in [1.807, 2.05) is 22.9 Å². The molecule has 0 aliphatic carbocycles. The number of rotatable bonds is 8. The smallest absolute Gasteiger partial charge is 0.107 e. The van der Waals surface area contributed by atoms with Crippen molar-refractivity contribution in [3.8, 4) is 0 Å². The van der Waals surface area contributed by atoms with Crippen LogP contribution >= 0.6 is 11.6 Å². The maximum atomic E-state index is 11.1. The Labute approximate surface area is 130 Å². The van der Waals surface area contributed by atoms with E-state index in [1.54, 1.807) is 24.7 Å². The molecule has 0 saturated heterocycles. The fourth-order valence-corrected chi connectivity index (χ4v) is 2.59. The van der Waals surface area contributed by atoms with Crippen LogP contribution in [0.4, 0.5) is 0 Å². The molecular weight excluding hydrogens is 288 g/mol. The van der Waals surface area contributed by atoms with Gasteiger partial charge in [0.15, 0.2) is 0 Å². The van der Waals surface area contributed by atoms with Gasteiger partial charge in [-0.3, -0.25) is 0 Å². The lowest BCUT2D eigenvalue weighted by atomic mass is 9.88. The summed E-state index contributed by atoms with van der Waals surface area (Å²) in [6, 6.07) is 7.32. The first kappa shape index (κ1) is 16.0. The van der Waals surface area contributed by atoms with Crippen LogP contribution in [0.15, 0.2) is 43.0 Å². The molecule has 1 aromatic heterocycles. The summed E-state index contributed by atoms with van der Waals surface area (Å²) < 4.78 is 1.88. The Morgan fingerprint density at radius 2 is 1.90 bits per heavy atom. The second kappa shape index (κ2) is 7.59. The van der Waals surface area contributed by atoms with Crippen LogP contribution in [0.5, 0.6) is 0 Å². The number of unbranched alkanes of at least 4 members (excludes halogenated alkanes) is 2. The van der Waals surface area contributed by atoms with E-state index in [2.05, 4.69) is 4.98 Å². The summed E-state index contributed by atoms with van der Waals surface area (Å²) in [5.41, 5.74) is -0.106. The molecule has 1 unspecified atom stereocenters. The van der Waals surface area contributed by atoms with Crippen LogP contribution in [0.1, 0.15) is 31.2 Å². The number of aliphatic hydroxyl groups excluding tert-OH is 1. The molecule has 0 aliphatic rings. The third-order valence-electron chi connectivity index (χ3n) is 3.63. The van der Waals surface area contributed by atoms with Gasteiger partial charge in [-0.25, -0.2) is 4.98 Å². The van der Waals surface area contributed by atoms with Crippen molar-refractivity contribution in [2.24, 2.45) is 0 Å². The van der Waals surface area contributed by atoms with Gasteiger partial charge < -0.3 is 14.8 Å². The SMILES string of the molecule is OCCCCCC(O)(Cn1ccnc1)c1ccc(Cl)cc1. The van der Waals surface area contributed by atoms with E-state index < -0.39 is 5.60 Å². The van der Waals surface area contributed by atoms with Gasteiger partial charge in [0.1, 0.15) is 5.60 Å². The molecule has 1 aromatic carbocycles. The molecule has 0 aliphatic heterocycles. The molecule has 0 fully saturated rings. The van der Waals surface area contributed by atoms with E-state index in [-0.39, 0.29) is 6.61 Å². The molecule has 0 spiro atoms. The Hall–Kier alpha value is -1.36. The lowest BCUT2D eigenvalue weighted by Crippen LogP contribution is -2.31. The van der Waals surface area contributed by atoms with Crippen molar-refractivity contribution in [3.63, 3.8) is 0 Å². The number of aliphatic hydroxyl groups is 2. The lowest BCUT2D eigenvalue weighted by Gasteiger charge is -2.29. The number of nitrogens with zero attached hydrogens (tertiary/aromatic N) is 2. The Morgan fingerprint density at radius 3 is 2.52 bits per heavy atom. The van der Waals surface area contributed by atoms with Gasteiger partial charge in [0.25, 0.3) is 0 Å². The molecule has 5 heteroatoms. The summed E-state index contributed by atoms with van der Waals surface area (Å²) in [5, 5.41) is 20.6. The summed E-state index contributed by atoms with van der Waals surface area (Å²) in [4.78, 5) is 4.02. The molecule has 2 N–H and O–H groups in total. The zero-order chi connectivity index (χ0) is 15.1. The molecule has 1 heterocycles. The van der Waals surface area contributed by atoms with Crippen LogP contribution in [0.2, 0.25) is 5.02 Å². The average Bonchev–Trinajstić information content (AvgIpc) is 2.97. The largest absolute Gasteiger partial charge is 0.396 e. The van der Waals surface area contributed by atoms with Crippen molar-refractivity contribution in [2.45, 2.75) is 37.8 Å². The van der Waals surface area contributed by atoms with Crippen LogP contribution in [-0.4, -0.2) is 26.4 Å². The Balaban J connectivity index is 2.14. The summed E-state index contributed by atoms with van der Waals surface area (Å²) in [6.45, 7) is 0.647. The molecule has 114 valence electrons. The standard InChI is InChI=1S/C16H21ClN2O2/c17-15-6-4-14(5-7-15)16(21,8-2-1-3-11-20)12-19-10-9-18-13-19/h4-7,9-10,13,20-21H,1-3,8,11-12H2. The van der Waals surface area contributed by atoms with Crippen molar-refractivity contribution in [3.05, 3.63) is 53.6 Å². The topological polar surface area (TPSA) is 58.3 Å². The maximum Gasteiger partial charge on any atom is 0.107 e. The predicted molar refractivity (Wildman–Crippen MR) is 83.1 cm³/mol. The highest BCUT2D eigenvalue weighted by Gasteiger charge is 2.29. The van der Waals surface area contributed by atoms with E-state index >= 15 is 0 Å². The third-order valence-corrected chi connectivity index (χ3v) is 3.89. The van der Waals surface area contributed by atoms with Gasteiger partial charge in [0.2, 0.25) is 0 Å². The number of hydrogen-bond donors (Lipinski definition) is 2. The third kappa shape index (κ3) is 4.56. The monoisotopic (exact) mass is 308 g/mol. The minimum absolute atomic E-state index is 0.195. The van der Waals surface area contributed by atoms with Gasteiger partial charge >= 0.3 is 0 Å². The zero-order valence-electron chi connectivity index (χ0n) is 12.0. The molecule has 21 heavy (non-hydrogen) atoms. The minimum Gasteiger partial charge on any atom is -0.396 e. The van der Waals surface area contributed by atoms with Crippen molar-refractivity contribution in [1.82, 2.24) is 9.55 Å². The fraction of sp³-hybridized carbons (Fsp3) is 0.438. The highest BCUT2D eigenvalue weighted by atomic mass is 35.5.